The highest BCUT2D eigenvalue weighted by Gasteiger charge is 2.25. The third-order valence-corrected chi connectivity index (χ3v) is 5.11. The molecule has 0 aromatic heterocycles. The molecule has 0 saturated carbocycles. The number of benzene rings is 2. The lowest BCUT2D eigenvalue weighted by Gasteiger charge is -2.32. The molecule has 1 atom stereocenters. The van der Waals surface area contributed by atoms with Gasteiger partial charge in [-0.25, -0.2) is 0 Å². The van der Waals surface area contributed by atoms with Gasteiger partial charge in [0.2, 0.25) is 5.91 Å². The van der Waals surface area contributed by atoms with Crippen molar-refractivity contribution >= 4 is 5.91 Å². The lowest BCUT2D eigenvalue weighted by atomic mass is 10.0. The molecule has 132 valence electrons. The fraction of sp³-hybridized carbons (Fsp3) is 0.409. The summed E-state index contributed by atoms with van der Waals surface area (Å²) in [7, 11) is 1.95. The molecule has 1 unspecified atom stereocenters. The molecule has 25 heavy (non-hydrogen) atoms. The molecule has 3 nitrogen and oxygen atoms in total. The molecule has 2 aromatic carbocycles. The number of aryl methyl sites for hydroxylation is 1. The predicted molar refractivity (Wildman–Crippen MR) is 103 cm³/mol. The third kappa shape index (κ3) is 4.70. The summed E-state index contributed by atoms with van der Waals surface area (Å²) in [5, 5.41) is 0. The zero-order chi connectivity index (χ0) is 17.6. The summed E-state index contributed by atoms with van der Waals surface area (Å²) in [4.78, 5) is 17.3. The van der Waals surface area contributed by atoms with E-state index in [1.165, 1.54) is 24.0 Å². The summed E-state index contributed by atoms with van der Waals surface area (Å²) in [5.74, 6) is 0.179. The molecule has 0 N–H and O–H groups in total. The Kier molecular flexibility index (Phi) is 5.87. The zero-order valence-corrected chi connectivity index (χ0v) is 15.3. The highest BCUT2D eigenvalue weighted by Crippen LogP contribution is 2.23. The molecule has 1 amide bonds. The van der Waals surface area contributed by atoms with Crippen LogP contribution < -0.4 is 0 Å². The van der Waals surface area contributed by atoms with E-state index in [-0.39, 0.29) is 11.9 Å². The van der Waals surface area contributed by atoms with Crippen molar-refractivity contribution < 1.29 is 4.79 Å². The van der Waals surface area contributed by atoms with Gasteiger partial charge in [-0.1, -0.05) is 60.2 Å². The van der Waals surface area contributed by atoms with Crippen molar-refractivity contribution in [3.8, 4) is 0 Å². The Bertz CT molecular complexity index is 692. The number of likely N-dealkylation sites (tertiary alicyclic amines) is 1. The first kappa shape index (κ1) is 17.7. The number of amides is 1. The summed E-state index contributed by atoms with van der Waals surface area (Å²) in [6.45, 7) is 5.27. The van der Waals surface area contributed by atoms with Crippen molar-refractivity contribution in [2.75, 3.05) is 26.7 Å². The van der Waals surface area contributed by atoms with Gasteiger partial charge < -0.3 is 9.80 Å². The van der Waals surface area contributed by atoms with Crippen LogP contribution in [0.1, 0.15) is 35.6 Å². The maximum atomic E-state index is 12.9. The van der Waals surface area contributed by atoms with Crippen LogP contribution in [0.2, 0.25) is 0 Å². The Balaban J connectivity index is 1.75. The number of carbonyl (C=O) groups is 1. The van der Waals surface area contributed by atoms with E-state index in [0.717, 1.165) is 25.2 Å². The standard InChI is InChI=1S/C22H28N2O/c1-18-9-8-10-19(15-18)16-22(25)23(2)21(17-24-13-6-7-14-24)20-11-4-3-5-12-20/h3-5,8-12,15,21H,6-7,13-14,16-17H2,1-2H3. The molecule has 1 fully saturated rings. The van der Waals surface area contributed by atoms with Crippen LogP contribution in [-0.4, -0.2) is 42.4 Å². The van der Waals surface area contributed by atoms with Gasteiger partial charge in [-0.2, -0.15) is 0 Å². The minimum atomic E-state index is 0.108. The van der Waals surface area contributed by atoms with Gasteiger partial charge in [0.05, 0.1) is 12.5 Å². The first-order valence-corrected chi connectivity index (χ1v) is 9.22. The maximum Gasteiger partial charge on any atom is 0.227 e. The number of hydrogen-bond donors (Lipinski definition) is 0. The van der Waals surface area contributed by atoms with E-state index < -0.39 is 0 Å². The van der Waals surface area contributed by atoms with Crippen LogP contribution in [0.15, 0.2) is 54.6 Å². The maximum absolute atomic E-state index is 12.9. The van der Waals surface area contributed by atoms with E-state index in [4.69, 9.17) is 0 Å². The number of rotatable bonds is 6. The van der Waals surface area contributed by atoms with Gasteiger partial charge in [-0.3, -0.25) is 4.79 Å². The zero-order valence-electron chi connectivity index (χ0n) is 15.3. The Labute approximate surface area is 151 Å². The largest absolute Gasteiger partial charge is 0.337 e. The van der Waals surface area contributed by atoms with Gasteiger partial charge in [0.1, 0.15) is 0 Å². The molecule has 0 spiro atoms. The van der Waals surface area contributed by atoms with Crippen LogP contribution in [0.4, 0.5) is 0 Å². The Morgan fingerprint density at radius 3 is 2.48 bits per heavy atom. The van der Waals surface area contributed by atoms with Crippen molar-refractivity contribution in [3.05, 3.63) is 71.3 Å². The molecular formula is C22H28N2O. The fourth-order valence-electron chi connectivity index (χ4n) is 3.63. The molecule has 1 heterocycles. The first-order valence-electron chi connectivity index (χ1n) is 9.22. The molecule has 0 aliphatic carbocycles. The van der Waals surface area contributed by atoms with Crippen LogP contribution in [0.5, 0.6) is 0 Å². The van der Waals surface area contributed by atoms with Crippen molar-refractivity contribution in [2.45, 2.75) is 32.2 Å². The Hall–Kier alpha value is -2.13. The van der Waals surface area contributed by atoms with Crippen molar-refractivity contribution in [2.24, 2.45) is 0 Å². The summed E-state index contributed by atoms with van der Waals surface area (Å²) < 4.78 is 0. The molecule has 2 aromatic rings. The normalized spacial score (nSPS) is 15.9. The van der Waals surface area contributed by atoms with E-state index in [1.54, 1.807) is 0 Å². The van der Waals surface area contributed by atoms with Crippen LogP contribution in [0.25, 0.3) is 0 Å². The average Bonchev–Trinajstić information content (AvgIpc) is 3.13. The smallest absolute Gasteiger partial charge is 0.227 e. The molecule has 1 saturated heterocycles. The van der Waals surface area contributed by atoms with E-state index in [0.29, 0.717) is 6.42 Å². The van der Waals surface area contributed by atoms with E-state index in [9.17, 15) is 4.79 Å². The molecule has 1 aliphatic heterocycles. The van der Waals surface area contributed by atoms with Gasteiger partial charge in [0.15, 0.2) is 0 Å². The molecule has 1 aliphatic rings. The number of nitrogens with zero attached hydrogens (tertiary/aromatic N) is 2. The third-order valence-electron chi connectivity index (χ3n) is 5.11. The number of likely N-dealkylation sites (N-methyl/N-ethyl adjacent to an activating group) is 1. The highest BCUT2D eigenvalue weighted by molar-refractivity contribution is 5.79. The number of hydrogen-bond acceptors (Lipinski definition) is 2. The quantitative estimate of drug-likeness (QED) is 0.800. The first-order chi connectivity index (χ1) is 12.1. The molecule has 3 heteroatoms. The topological polar surface area (TPSA) is 23.6 Å². The summed E-state index contributed by atoms with van der Waals surface area (Å²) in [6, 6.07) is 18.8. The minimum Gasteiger partial charge on any atom is -0.337 e. The molecule has 0 radical (unpaired) electrons. The monoisotopic (exact) mass is 336 g/mol. The molecule has 0 bridgehead atoms. The Morgan fingerprint density at radius 2 is 1.80 bits per heavy atom. The average molecular weight is 336 g/mol. The lowest BCUT2D eigenvalue weighted by molar-refractivity contribution is -0.131. The Morgan fingerprint density at radius 1 is 1.08 bits per heavy atom. The van der Waals surface area contributed by atoms with Crippen LogP contribution in [-0.2, 0) is 11.2 Å². The van der Waals surface area contributed by atoms with Crippen LogP contribution in [0.3, 0.4) is 0 Å². The predicted octanol–water partition coefficient (Wildman–Crippen LogP) is 3.83. The van der Waals surface area contributed by atoms with Gasteiger partial charge in [0.25, 0.3) is 0 Å². The minimum absolute atomic E-state index is 0.108. The lowest BCUT2D eigenvalue weighted by Crippen LogP contribution is -2.39. The van der Waals surface area contributed by atoms with E-state index in [1.807, 2.05) is 30.1 Å². The van der Waals surface area contributed by atoms with Gasteiger partial charge >= 0.3 is 0 Å². The van der Waals surface area contributed by atoms with Crippen LogP contribution >= 0.6 is 0 Å². The van der Waals surface area contributed by atoms with Gasteiger partial charge in [-0.15, -0.1) is 0 Å². The second-order valence-electron chi connectivity index (χ2n) is 7.10. The highest BCUT2D eigenvalue weighted by atomic mass is 16.2. The van der Waals surface area contributed by atoms with Crippen molar-refractivity contribution in [1.29, 1.82) is 0 Å². The van der Waals surface area contributed by atoms with E-state index in [2.05, 4.69) is 48.2 Å². The fourth-order valence-corrected chi connectivity index (χ4v) is 3.63. The van der Waals surface area contributed by atoms with Gasteiger partial charge in [-0.05, 0) is 44.0 Å². The van der Waals surface area contributed by atoms with Crippen LogP contribution in [0, 0.1) is 6.92 Å². The summed E-state index contributed by atoms with van der Waals surface area (Å²) in [5.41, 5.74) is 3.50. The van der Waals surface area contributed by atoms with Crippen molar-refractivity contribution in [3.63, 3.8) is 0 Å². The van der Waals surface area contributed by atoms with Crippen molar-refractivity contribution in [1.82, 2.24) is 9.80 Å². The molecular weight excluding hydrogens is 308 g/mol. The second kappa shape index (κ2) is 8.30. The summed E-state index contributed by atoms with van der Waals surface area (Å²) >= 11 is 0. The SMILES string of the molecule is Cc1cccc(CC(=O)N(C)C(CN2CCCC2)c2ccccc2)c1. The second-order valence-corrected chi connectivity index (χ2v) is 7.10. The van der Waals surface area contributed by atoms with E-state index >= 15 is 0 Å². The summed E-state index contributed by atoms with van der Waals surface area (Å²) in [6.07, 6.45) is 2.99. The van der Waals surface area contributed by atoms with Gasteiger partial charge in [0, 0.05) is 13.6 Å². The molecule has 3 rings (SSSR count). The number of carbonyl (C=O) groups excluding carboxylic acids is 1.